The van der Waals surface area contributed by atoms with E-state index in [4.69, 9.17) is 5.90 Å². The van der Waals surface area contributed by atoms with Crippen LogP contribution >= 0.6 is 0 Å². The quantitative estimate of drug-likeness (QED) is 0.366. The highest BCUT2D eigenvalue weighted by atomic mass is 16.7. The monoisotopic (exact) mass is 295 g/mol. The lowest BCUT2D eigenvalue weighted by atomic mass is 10.0. The molecule has 0 saturated carbocycles. The van der Waals surface area contributed by atoms with E-state index in [0.29, 0.717) is 19.3 Å². The summed E-state index contributed by atoms with van der Waals surface area (Å²) >= 11 is 0. The molecule has 0 saturated heterocycles. The van der Waals surface area contributed by atoms with Crippen molar-refractivity contribution in [2.75, 3.05) is 0 Å². The van der Waals surface area contributed by atoms with Gasteiger partial charge in [0.05, 0.1) is 0 Å². The molecule has 6 heteroatoms. The number of Topliss-reactive ketones (excluding diaryl/α,β-unsaturated/α-hetero) is 1. The maximum atomic E-state index is 11.9. The Morgan fingerprint density at radius 2 is 1.48 bits per heavy atom. The molecule has 0 aliphatic carbocycles. The van der Waals surface area contributed by atoms with Crippen LogP contribution in [-0.4, -0.2) is 22.0 Å². The third kappa shape index (κ3) is 5.83. The van der Waals surface area contributed by atoms with Crippen molar-refractivity contribution in [2.24, 2.45) is 5.90 Å². The van der Waals surface area contributed by atoms with Crippen molar-refractivity contribution < 1.29 is 24.6 Å². The van der Waals surface area contributed by atoms with E-state index in [1.807, 2.05) is 0 Å². The van der Waals surface area contributed by atoms with E-state index < -0.39 is 5.97 Å². The summed E-state index contributed by atoms with van der Waals surface area (Å²) in [4.78, 5) is 26.7. The van der Waals surface area contributed by atoms with Gasteiger partial charge in [-0.2, -0.15) is 5.90 Å². The third-order valence-corrected chi connectivity index (χ3v) is 3.22. The first-order valence-electron chi connectivity index (χ1n) is 7.00. The van der Waals surface area contributed by atoms with Crippen molar-refractivity contribution in [1.82, 2.24) is 0 Å². The molecule has 0 radical (unpaired) electrons. The maximum absolute atomic E-state index is 11.9. The molecule has 0 fully saturated rings. The second-order valence-corrected chi connectivity index (χ2v) is 4.85. The molecule has 0 spiro atoms. The van der Waals surface area contributed by atoms with Gasteiger partial charge in [0.15, 0.2) is 5.78 Å². The van der Waals surface area contributed by atoms with Crippen molar-refractivity contribution in [2.45, 2.75) is 44.9 Å². The summed E-state index contributed by atoms with van der Waals surface area (Å²) in [5, 5.41) is 19.1. The van der Waals surface area contributed by atoms with E-state index in [1.54, 1.807) is 0 Å². The molecule has 21 heavy (non-hydrogen) atoms. The van der Waals surface area contributed by atoms with Crippen LogP contribution in [0.4, 0.5) is 0 Å². The van der Waals surface area contributed by atoms with E-state index in [1.165, 1.54) is 18.2 Å². The fourth-order valence-electron chi connectivity index (χ4n) is 2.08. The number of nitrogens with two attached hydrogens (primary N) is 1. The van der Waals surface area contributed by atoms with Crippen LogP contribution < -0.4 is 5.90 Å². The number of unbranched alkanes of at least 4 members (excludes halogenated alkanes) is 4. The number of benzene rings is 1. The number of ketones is 1. The standard InChI is InChI=1S/C15H21NO5/c16-21-14(20)10-5-3-1-2-4-7-11(17)15-12(18)8-6-9-13(15)19/h6,8-9,18-19H,1-5,7,10,16H2. The molecule has 4 N–H and O–H groups in total. The minimum absolute atomic E-state index is 0.0109. The average Bonchev–Trinajstić information content (AvgIpc) is 2.45. The third-order valence-electron chi connectivity index (χ3n) is 3.22. The van der Waals surface area contributed by atoms with Crippen molar-refractivity contribution >= 4 is 11.8 Å². The molecule has 0 aliphatic rings. The zero-order chi connectivity index (χ0) is 15.7. The Balaban J connectivity index is 2.21. The van der Waals surface area contributed by atoms with Crippen LogP contribution in [0, 0.1) is 0 Å². The van der Waals surface area contributed by atoms with Crippen molar-refractivity contribution in [1.29, 1.82) is 0 Å². The molecule has 6 nitrogen and oxygen atoms in total. The number of carbonyl (C=O) groups excluding carboxylic acids is 2. The SMILES string of the molecule is NOC(=O)CCCCCCCC(=O)c1c(O)cccc1O. The van der Waals surface area contributed by atoms with Gasteiger partial charge in [-0.3, -0.25) is 9.59 Å². The fourth-order valence-corrected chi connectivity index (χ4v) is 2.08. The highest BCUT2D eigenvalue weighted by molar-refractivity contribution is 6.01. The van der Waals surface area contributed by atoms with Gasteiger partial charge in [-0.25, -0.2) is 0 Å². The maximum Gasteiger partial charge on any atom is 0.324 e. The molecular weight excluding hydrogens is 274 g/mol. The Morgan fingerprint density at radius 3 is 2.05 bits per heavy atom. The molecule has 1 rings (SSSR count). The lowest BCUT2D eigenvalue weighted by Gasteiger charge is -2.06. The zero-order valence-electron chi connectivity index (χ0n) is 11.9. The molecule has 116 valence electrons. The molecule has 0 unspecified atom stereocenters. The smallest absolute Gasteiger partial charge is 0.324 e. The summed E-state index contributed by atoms with van der Waals surface area (Å²) in [6.45, 7) is 0. The number of rotatable bonds is 9. The lowest BCUT2D eigenvalue weighted by molar-refractivity contribution is -0.144. The molecule has 0 atom stereocenters. The van der Waals surface area contributed by atoms with E-state index >= 15 is 0 Å². The minimum atomic E-state index is -0.416. The molecule has 1 aromatic rings. The Kier molecular flexibility index (Phi) is 7.25. The molecule has 0 heterocycles. The number of carbonyl (C=O) groups is 2. The van der Waals surface area contributed by atoms with E-state index in [0.717, 1.165) is 19.3 Å². The number of phenols is 2. The number of hydrogen-bond acceptors (Lipinski definition) is 6. The average molecular weight is 295 g/mol. The number of aromatic hydroxyl groups is 2. The minimum Gasteiger partial charge on any atom is -0.507 e. The summed E-state index contributed by atoms with van der Waals surface area (Å²) in [5.74, 6) is 3.65. The van der Waals surface area contributed by atoms with Crippen LogP contribution in [0.5, 0.6) is 11.5 Å². The van der Waals surface area contributed by atoms with Crippen LogP contribution in [-0.2, 0) is 9.63 Å². The van der Waals surface area contributed by atoms with Crippen LogP contribution in [0.3, 0.4) is 0 Å². The van der Waals surface area contributed by atoms with Gasteiger partial charge < -0.3 is 15.1 Å². The first-order chi connectivity index (χ1) is 10.1. The van der Waals surface area contributed by atoms with Gasteiger partial charge >= 0.3 is 5.97 Å². The highest BCUT2D eigenvalue weighted by Crippen LogP contribution is 2.28. The van der Waals surface area contributed by atoms with E-state index in [2.05, 4.69) is 4.84 Å². The number of hydrogen-bond donors (Lipinski definition) is 3. The summed E-state index contributed by atoms with van der Waals surface area (Å²) in [6.07, 6.45) is 4.58. The summed E-state index contributed by atoms with van der Waals surface area (Å²) in [5.41, 5.74) is -0.0109. The summed E-state index contributed by atoms with van der Waals surface area (Å²) in [7, 11) is 0. The summed E-state index contributed by atoms with van der Waals surface area (Å²) < 4.78 is 0. The van der Waals surface area contributed by atoms with Gasteiger partial charge in [-0.15, -0.1) is 0 Å². The topological polar surface area (TPSA) is 110 Å². The van der Waals surface area contributed by atoms with Gasteiger partial charge in [0.25, 0.3) is 0 Å². The van der Waals surface area contributed by atoms with E-state index in [9.17, 15) is 19.8 Å². The van der Waals surface area contributed by atoms with Crippen LogP contribution in [0.25, 0.3) is 0 Å². The number of phenolic OH excluding ortho intramolecular Hbond substituents is 2. The van der Waals surface area contributed by atoms with Crippen LogP contribution in [0.1, 0.15) is 55.3 Å². The second-order valence-electron chi connectivity index (χ2n) is 4.85. The van der Waals surface area contributed by atoms with Crippen molar-refractivity contribution in [3.8, 4) is 11.5 Å². The first-order valence-corrected chi connectivity index (χ1v) is 7.00. The van der Waals surface area contributed by atoms with Crippen LogP contribution in [0.15, 0.2) is 18.2 Å². The molecule has 0 aliphatic heterocycles. The van der Waals surface area contributed by atoms with Gasteiger partial charge in [0, 0.05) is 12.8 Å². The molecular formula is C15H21NO5. The first kappa shape index (κ1) is 17.0. The van der Waals surface area contributed by atoms with Gasteiger partial charge in [0.2, 0.25) is 0 Å². The normalized spacial score (nSPS) is 10.3. The zero-order valence-corrected chi connectivity index (χ0v) is 11.9. The Hall–Kier alpha value is -2.08. The molecule has 1 aromatic carbocycles. The lowest BCUT2D eigenvalue weighted by Crippen LogP contribution is -2.09. The Bertz CT molecular complexity index is 467. The Labute approximate surface area is 123 Å². The highest BCUT2D eigenvalue weighted by Gasteiger charge is 2.15. The molecule has 0 aromatic heterocycles. The molecule has 0 amide bonds. The second kappa shape index (κ2) is 8.97. The predicted octanol–water partition coefficient (Wildman–Crippen LogP) is 2.43. The summed E-state index contributed by atoms with van der Waals surface area (Å²) in [6, 6.07) is 4.24. The van der Waals surface area contributed by atoms with Crippen LogP contribution in [0.2, 0.25) is 0 Å². The molecule has 0 bridgehead atoms. The van der Waals surface area contributed by atoms with Crippen molar-refractivity contribution in [3.63, 3.8) is 0 Å². The van der Waals surface area contributed by atoms with Gasteiger partial charge in [-0.05, 0) is 25.0 Å². The fraction of sp³-hybridized carbons (Fsp3) is 0.467. The van der Waals surface area contributed by atoms with E-state index in [-0.39, 0.29) is 29.3 Å². The Morgan fingerprint density at radius 1 is 0.952 bits per heavy atom. The van der Waals surface area contributed by atoms with Gasteiger partial charge in [-0.1, -0.05) is 25.3 Å². The van der Waals surface area contributed by atoms with Crippen molar-refractivity contribution in [3.05, 3.63) is 23.8 Å². The largest absolute Gasteiger partial charge is 0.507 e. The van der Waals surface area contributed by atoms with Gasteiger partial charge in [0.1, 0.15) is 17.1 Å². The predicted molar refractivity (Wildman–Crippen MR) is 76.7 cm³/mol.